The average Bonchev–Trinajstić information content (AvgIpc) is 2.36. The molecule has 0 spiro atoms. The highest BCUT2D eigenvalue weighted by Gasteiger charge is 2.21. The predicted molar refractivity (Wildman–Crippen MR) is 74.8 cm³/mol. The van der Waals surface area contributed by atoms with Crippen LogP contribution in [0.4, 0.5) is 0 Å². The van der Waals surface area contributed by atoms with Crippen molar-refractivity contribution in [3.05, 3.63) is 34.9 Å². The van der Waals surface area contributed by atoms with E-state index in [1.807, 2.05) is 0 Å². The molecular weight excluding hydrogens is 230 g/mol. The highest BCUT2D eigenvalue weighted by molar-refractivity contribution is 6.17. The van der Waals surface area contributed by atoms with Gasteiger partial charge in [-0.05, 0) is 42.4 Å². The van der Waals surface area contributed by atoms with Crippen molar-refractivity contribution < 1.29 is 0 Å². The van der Waals surface area contributed by atoms with Gasteiger partial charge >= 0.3 is 0 Å². The number of alkyl halides is 1. The number of fused-ring (bicyclic) bond motifs is 1. The van der Waals surface area contributed by atoms with Gasteiger partial charge in [0.2, 0.25) is 0 Å². The van der Waals surface area contributed by atoms with Crippen LogP contribution < -0.4 is 5.32 Å². The van der Waals surface area contributed by atoms with E-state index in [4.69, 9.17) is 11.6 Å². The minimum Gasteiger partial charge on any atom is -0.303 e. The minimum absolute atomic E-state index is 0.154. The molecule has 0 saturated heterocycles. The summed E-state index contributed by atoms with van der Waals surface area (Å²) in [6.07, 6.45) is 5.21. The number of rotatable bonds is 4. The Morgan fingerprint density at radius 2 is 1.88 bits per heavy atom. The van der Waals surface area contributed by atoms with E-state index in [0.717, 1.165) is 6.54 Å². The molecule has 1 aliphatic rings. The van der Waals surface area contributed by atoms with E-state index in [2.05, 4.69) is 37.4 Å². The molecule has 0 aliphatic heterocycles. The zero-order valence-corrected chi connectivity index (χ0v) is 11.6. The molecule has 0 aromatic heterocycles. The molecule has 1 nitrogen and oxygen atoms in total. The monoisotopic (exact) mass is 251 g/mol. The lowest BCUT2D eigenvalue weighted by molar-refractivity contribution is 0.488. The van der Waals surface area contributed by atoms with Crippen molar-refractivity contribution in [1.29, 1.82) is 0 Å². The Balaban J connectivity index is 2.20. The van der Waals surface area contributed by atoms with Crippen LogP contribution >= 0.6 is 11.6 Å². The first-order chi connectivity index (χ1) is 8.13. The lowest BCUT2D eigenvalue weighted by atomic mass is 9.81. The molecule has 0 bridgehead atoms. The maximum Gasteiger partial charge on any atom is 0.0713 e. The van der Waals surface area contributed by atoms with Crippen molar-refractivity contribution >= 4 is 11.6 Å². The molecular formula is C15H22ClN. The minimum atomic E-state index is 0.154. The number of hydrogen-bond acceptors (Lipinski definition) is 1. The predicted octanol–water partition coefficient (Wildman–Crippen LogP) is 3.63. The van der Waals surface area contributed by atoms with Crippen LogP contribution in [0.25, 0.3) is 0 Å². The van der Waals surface area contributed by atoms with Gasteiger partial charge in [0.1, 0.15) is 0 Å². The van der Waals surface area contributed by atoms with Gasteiger partial charge in [-0.3, -0.25) is 0 Å². The quantitative estimate of drug-likeness (QED) is 0.637. The van der Waals surface area contributed by atoms with Gasteiger partial charge in [0.05, 0.1) is 6.00 Å². The molecule has 1 aliphatic carbocycles. The summed E-state index contributed by atoms with van der Waals surface area (Å²) in [7, 11) is 0. The molecule has 0 amide bonds. The van der Waals surface area contributed by atoms with Crippen molar-refractivity contribution in [3.63, 3.8) is 0 Å². The van der Waals surface area contributed by atoms with E-state index >= 15 is 0 Å². The first-order valence-corrected chi connectivity index (χ1v) is 7.06. The van der Waals surface area contributed by atoms with Crippen molar-refractivity contribution in [2.45, 2.75) is 44.9 Å². The summed E-state index contributed by atoms with van der Waals surface area (Å²) >= 11 is 5.70. The molecule has 17 heavy (non-hydrogen) atoms. The second kappa shape index (κ2) is 5.41. The Hall–Kier alpha value is -0.530. The van der Waals surface area contributed by atoms with Crippen LogP contribution in [-0.4, -0.2) is 12.5 Å². The molecule has 0 unspecified atom stereocenters. The molecule has 1 aromatic carbocycles. The summed E-state index contributed by atoms with van der Waals surface area (Å²) in [6.45, 7) is 5.48. The van der Waals surface area contributed by atoms with Gasteiger partial charge in [-0.15, -0.1) is 11.6 Å². The fraction of sp³-hybridized carbons (Fsp3) is 0.600. The van der Waals surface area contributed by atoms with Gasteiger partial charge in [-0.2, -0.15) is 0 Å². The van der Waals surface area contributed by atoms with Crippen molar-refractivity contribution in [2.75, 3.05) is 12.5 Å². The first kappa shape index (κ1) is 12.9. The maximum atomic E-state index is 5.70. The van der Waals surface area contributed by atoms with Crippen LogP contribution in [0, 0.1) is 0 Å². The van der Waals surface area contributed by atoms with Gasteiger partial charge < -0.3 is 5.32 Å². The van der Waals surface area contributed by atoms with Crippen LogP contribution in [-0.2, 0) is 18.3 Å². The van der Waals surface area contributed by atoms with E-state index in [0.29, 0.717) is 6.00 Å². The third-order valence-electron chi connectivity index (χ3n) is 3.79. The van der Waals surface area contributed by atoms with E-state index in [9.17, 15) is 0 Å². The van der Waals surface area contributed by atoms with Crippen LogP contribution in [0.15, 0.2) is 18.2 Å². The summed E-state index contributed by atoms with van der Waals surface area (Å²) in [5.74, 6) is 0. The van der Waals surface area contributed by atoms with E-state index in [-0.39, 0.29) is 5.41 Å². The Bertz CT molecular complexity index is 385. The van der Waals surface area contributed by atoms with Gasteiger partial charge in [0.25, 0.3) is 0 Å². The fourth-order valence-corrected chi connectivity index (χ4v) is 2.71. The Labute approximate surface area is 110 Å². The molecule has 2 rings (SSSR count). The van der Waals surface area contributed by atoms with Gasteiger partial charge in [0, 0.05) is 12.0 Å². The molecule has 1 N–H and O–H groups in total. The summed E-state index contributed by atoms with van der Waals surface area (Å²) in [5.41, 5.74) is 4.70. The standard InChI is InChI=1S/C15H22ClN/c1-15(2,10-17-11-16)14-8-7-12-5-3-4-6-13(12)9-14/h7-9,17H,3-6,10-11H2,1-2H3. The van der Waals surface area contributed by atoms with Crippen molar-refractivity contribution in [3.8, 4) is 0 Å². The van der Waals surface area contributed by atoms with Gasteiger partial charge in [-0.25, -0.2) is 0 Å². The average molecular weight is 252 g/mol. The molecule has 0 heterocycles. The number of halogens is 1. The maximum absolute atomic E-state index is 5.70. The van der Waals surface area contributed by atoms with Gasteiger partial charge in [-0.1, -0.05) is 32.0 Å². The SMILES string of the molecule is CC(C)(CNCCl)c1ccc2c(c1)CCCC2. The van der Waals surface area contributed by atoms with E-state index < -0.39 is 0 Å². The third-order valence-corrected chi connectivity index (χ3v) is 3.98. The van der Waals surface area contributed by atoms with Crippen molar-refractivity contribution in [1.82, 2.24) is 5.32 Å². The van der Waals surface area contributed by atoms with Crippen LogP contribution in [0.2, 0.25) is 0 Å². The number of aryl methyl sites for hydroxylation is 2. The smallest absolute Gasteiger partial charge is 0.0713 e. The summed E-state index contributed by atoms with van der Waals surface area (Å²) in [5, 5.41) is 3.23. The second-order valence-corrected chi connectivity index (χ2v) is 5.90. The summed E-state index contributed by atoms with van der Waals surface area (Å²) in [6, 6.07) is 7.55. The largest absolute Gasteiger partial charge is 0.303 e. The molecule has 0 radical (unpaired) electrons. The number of nitrogens with one attached hydrogen (secondary N) is 1. The topological polar surface area (TPSA) is 12.0 Å². The van der Waals surface area contributed by atoms with E-state index in [1.54, 1.807) is 11.1 Å². The second-order valence-electron chi connectivity index (χ2n) is 5.63. The van der Waals surface area contributed by atoms with Gasteiger partial charge in [0.15, 0.2) is 0 Å². The normalized spacial score (nSPS) is 15.7. The summed E-state index contributed by atoms with van der Waals surface area (Å²) in [4.78, 5) is 0. The first-order valence-electron chi connectivity index (χ1n) is 6.52. The zero-order chi connectivity index (χ0) is 12.3. The lowest BCUT2D eigenvalue weighted by Gasteiger charge is -2.27. The third kappa shape index (κ3) is 3.02. The molecule has 0 saturated carbocycles. The lowest BCUT2D eigenvalue weighted by Crippen LogP contribution is -2.32. The number of hydrogen-bond donors (Lipinski definition) is 1. The Morgan fingerprint density at radius 3 is 2.59 bits per heavy atom. The molecule has 0 fully saturated rings. The Morgan fingerprint density at radius 1 is 1.18 bits per heavy atom. The highest BCUT2D eigenvalue weighted by atomic mass is 35.5. The highest BCUT2D eigenvalue weighted by Crippen LogP contribution is 2.28. The fourth-order valence-electron chi connectivity index (χ4n) is 2.62. The van der Waals surface area contributed by atoms with Crippen molar-refractivity contribution in [2.24, 2.45) is 0 Å². The molecule has 0 atom stereocenters. The van der Waals surface area contributed by atoms with Crippen LogP contribution in [0.5, 0.6) is 0 Å². The van der Waals surface area contributed by atoms with E-state index in [1.165, 1.54) is 31.2 Å². The molecule has 94 valence electrons. The molecule has 1 aromatic rings. The summed E-state index contributed by atoms with van der Waals surface area (Å²) < 4.78 is 0. The Kier molecular flexibility index (Phi) is 4.11. The molecule has 2 heteroatoms. The zero-order valence-electron chi connectivity index (χ0n) is 10.9. The number of benzene rings is 1. The van der Waals surface area contributed by atoms with Crippen LogP contribution in [0.1, 0.15) is 43.4 Å². The van der Waals surface area contributed by atoms with Crippen LogP contribution in [0.3, 0.4) is 0 Å².